The van der Waals surface area contributed by atoms with Crippen molar-refractivity contribution in [2.45, 2.75) is 31.6 Å². The molecule has 3 rings (SSSR count). The van der Waals surface area contributed by atoms with Crippen LogP contribution in [0.3, 0.4) is 0 Å². The zero-order valence-electron chi connectivity index (χ0n) is 13.7. The first-order chi connectivity index (χ1) is 11.8. The number of furan rings is 1. The fraction of sp³-hybridized carbons (Fsp3) is 0.529. The van der Waals surface area contributed by atoms with E-state index in [9.17, 15) is 5.11 Å². The number of hydrogen-bond donors (Lipinski definition) is 2. The molecule has 1 aliphatic heterocycles. The Morgan fingerprint density at radius 3 is 3.04 bits per heavy atom. The summed E-state index contributed by atoms with van der Waals surface area (Å²) in [6, 6.07) is 5.82. The van der Waals surface area contributed by atoms with Crippen LogP contribution in [0.2, 0.25) is 0 Å². The van der Waals surface area contributed by atoms with Gasteiger partial charge in [0.1, 0.15) is 12.4 Å². The molecular weight excluding hydrogens is 308 g/mol. The number of piperidine rings is 1. The molecule has 0 spiro atoms. The largest absolute Gasteiger partial charge is 0.467 e. The second-order valence-electron chi connectivity index (χ2n) is 5.99. The molecule has 0 unspecified atom stereocenters. The third kappa shape index (κ3) is 5.02. The van der Waals surface area contributed by atoms with Crippen molar-refractivity contribution >= 4 is 5.95 Å². The third-order valence-electron chi connectivity index (χ3n) is 4.03. The smallest absolute Gasteiger partial charge is 0.225 e. The minimum Gasteiger partial charge on any atom is -0.467 e. The standard InChI is InChI=1S/C17H24N4O3/c22-15(12-23-13-16-5-2-9-24-16)10-20-14-4-1-8-21(11-14)17-18-6-3-7-19-17/h2-3,5-7,9,14-15,20,22H,1,4,8,10-13H2/t14-,15-/m1/s1. The lowest BCUT2D eigenvalue weighted by Crippen LogP contribution is -2.48. The zero-order chi connectivity index (χ0) is 16.6. The molecule has 0 amide bonds. The van der Waals surface area contributed by atoms with E-state index in [4.69, 9.17) is 9.15 Å². The molecule has 1 saturated heterocycles. The van der Waals surface area contributed by atoms with Gasteiger partial charge in [-0.2, -0.15) is 0 Å². The molecule has 7 heteroatoms. The van der Waals surface area contributed by atoms with Gasteiger partial charge in [0, 0.05) is 38.1 Å². The summed E-state index contributed by atoms with van der Waals surface area (Å²) in [6.07, 6.45) is 6.77. The molecule has 0 radical (unpaired) electrons. The number of anilines is 1. The highest BCUT2D eigenvalue weighted by atomic mass is 16.5. The number of rotatable bonds is 8. The van der Waals surface area contributed by atoms with E-state index in [1.165, 1.54) is 0 Å². The molecule has 24 heavy (non-hydrogen) atoms. The van der Waals surface area contributed by atoms with Crippen molar-refractivity contribution in [2.24, 2.45) is 0 Å². The Hall–Kier alpha value is -1.96. The topological polar surface area (TPSA) is 83.7 Å². The van der Waals surface area contributed by atoms with Gasteiger partial charge in [0.2, 0.25) is 5.95 Å². The Labute approximate surface area is 141 Å². The second-order valence-corrected chi connectivity index (χ2v) is 5.99. The summed E-state index contributed by atoms with van der Waals surface area (Å²) >= 11 is 0. The predicted octanol–water partition coefficient (Wildman–Crippen LogP) is 1.21. The van der Waals surface area contributed by atoms with Gasteiger partial charge in [-0.15, -0.1) is 0 Å². The summed E-state index contributed by atoms with van der Waals surface area (Å²) < 4.78 is 10.6. The number of hydrogen-bond acceptors (Lipinski definition) is 7. The van der Waals surface area contributed by atoms with E-state index in [0.29, 0.717) is 19.2 Å². The SMILES string of the molecule is O[C@H](CN[C@@H]1CCCN(c2ncccn2)C1)COCc1ccco1. The highest BCUT2D eigenvalue weighted by molar-refractivity contribution is 5.29. The maximum atomic E-state index is 10.0. The van der Waals surface area contributed by atoms with Gasteiger partial charge in [0.25, 0.3) is 0 Å². The van der Waals surface area contributed by atoms with Gasteiger partial charge in [0.05, 0.1) is 19.0 Å². The van der Waals surface area contributed by atoms with Crippen LogP contribution in [0.1, 0.15) is 18.6 Å². The fourth-order valence-corrected chi connectivity index (χ4v) is 2.83. The molecule has 3 heterocycles. The van der Waals surface area contributed by atoms with Crippen LogP contribution < -0.4 is 10.2 Å². The lowest BCUT2D eigenvalue weighted by atomic mass is 10.1. The molecule has 1 aliphatic rings. The van der Waals surface area contributed by atoms with Crippen LogP contribution in [0, 0.1) is 0 Å². The molecule has 7 nitrogen and oxygen atoms in total. The molecule has 2 aromatic heterocycles. The van der Waals surface area contributed by atoms with Gasteiger partial charge in [-0.3, -0.25) is 0 Å². The summed E-state index contributed by atoms with van der Waals surface area (Å²) in [5.74, 6) is 1.53. The highest BCUT2D eigenvalue weighted by Gasteiger charge is 2.21. The number of ether oxygens (including phenoxy) is 1. The van der Waals surface area contributed by atoms with Crippen molar-refractivity contribution in [3.8, 4) is 0 Å². The first kappa shape index (κ1) is 16.9. The summed E-state index contributed by atoms with van der Waals surface area (Å²) in [5, 5.41) is 13.4. The van der Waals surface area contributed by atoms with Crippen LogP contribution in [-0.4, -0.2) is 53.5 Å². The number of aliphatic hydroxyl groups is 1. The summed E-state index contributed by atoms with van der Waals surface area (Å²) in [4.78, 5) is 10.8. The van der Waals surface area contributed by atoms with E-state index in [2.05, 4.69) is 20.2 Å². The van der Waals surface area contributed by atoms with Crippen LogP contribution in [0.5, 0.6) is 0 Å². The number of aliphatic hydroxyl groups excluding tert-OH is 1. The number of aromatic nitrogens is 2. The molecule has 0 aliphatic carbocycles. The van der Waals surface area contributed by atoms with Crippen molar-refractivity contribution in [3.05, 3.63) is 42.6 Å². The molecule has 0 aromatic carbocycles. The summed E-state index contributed by atoms with van der Waals surface area (Å²) in [6.45, 7) is 2.99. The predicted molar refractivity (Wildman–Crippen MR) is 89.6 cm³/mol. The highest BCUT2D eigenvalue weighted by Crippen LogP contribution is 2.15. The Kier molecular flexibility index (Phi) is 6.17. The van der Waals surface area contributed by atoms with E-state index in [-0.39, 0.29) is 6.61 Å². The average Bonchev–Trinajstić information content (AvgIpc) is 3.14. The summed E-state index contributed by atoms with van der Waals surface area (Å²) in [5.41, 5.74) is 0. The quantitative estimate of drug-likeness (QED) is 0.751. The van der Waals surface area contributed by atoms with Crippen LogP contribution in [0.4, 0.5) is 5.95 Å². The van der Waals surface area contributed by atoms with Crippen molar-refractivity contribution < 1.29 is 14.3 Å². The number of nitrogens with one attached hydrogen (secondary N) is 1. The van der Waals surface area contributed by atoms with Gasteiger partial charge >= 0.3 is 0 Å². The minimum absolute atomic E-state index is 0.284. The number of nitrogens with zero attached hydrogens (tertiary/aromatic N) is 3. The van der Waals surface area contributed by atoms with E-state index in [1.807, 2.05) is 18.2 Å². The molecular formula is C17H24N4O3. The second kappa shape index (κ2) is 8.77. The zero-order valence-corrected chi connectivity index (χ0v) is 13.7. The van der Waals surface area contributed by atoms with Crippen molar-refractivity contribution in [1.82, 2.24) is 15.3 Å². The van der Waals surface area contributed by atoms with Crippen LogP contribution in [-0.2, 0) is 11.3 Å². The van der Waals surface area contributed by atoms with Gasteiger partial charge < -0.3 is 24.5 Å². The molecule has 2 atom stereocenters. The molecule has 2 N–H and O–H groups in total. The normalized spacial score (nSPS) is 19.4. The first-order valence-corrected chi connectivity index (χ1v) is 8.35. The monoisotopic (exact) mass is 332 g/mol. The molecule has 0 bridgehead atoms. The van der Waals surface area contributed by atoms with E-state index < -0.39 is 6.10 Å². The van der Waals surface area contributed by atoms with Crippen molar-refractivity contribution in [2.75, 3.05) is 31.1 Å². The minimum atomic E-state index is -0.539. The van der Waals surface area contributed by atoms with Gasteiger partial charge in [-0.1, -0.05) is 0 Å². The maximum absolute atomic E-state index is 10.0. The molecule has 1 fully saturated rings. The maximum Gasteiger partial charge on any atom is 0.225 e. The first-order valence-electron chi connectivity index (χ1n) is 8.35. The average molecular weight is 332 g/mol. The van der Waals surface area contributed by atoms with Crippen LogP contribution >= 0.6 is 0 Å². The molecule has 130 valence electrons. The van der Waals surface area contributed by atoms with E-state index >= 15 is 0 Å². The third-order valence-corrected chi connectivity index (χ3v) is 4.03. The Morgan fingerprint density at radius 1 is 1.38 bits per heavy atom. The molecule has 2 aromatic rings. The fourth-order valence-electron chi connectivity index (χ4n) is 2.83. The lowest BCUT2D eigenvalue weighted by molar-refractivity contribution is 0.0213. The van der Waals surface area contributed by atoms with Crippen molar-refractivity contribution in [1.29, 1.82) is 0 Å². The summed E-state index contributed by atoms with van der Waals surface area (Å²) in [7, 11) is 0. The van der Waals surface area contributed by atoms with Gasteiger partial charge in [-0.25, -0.2) is 9.97 Å². The Morgan fingerprint density at radius 2 is 2.25 bits per heavy atom. The van der Waals surface area contributed by atoms with Gasteiger partial charge in [0.15, 0.2) is 0 Å². The van der Waals surface area contributed by atoms with Gasteiger partial charge in [-0.05, 0) is 31.0 Å². The lowest BCUT2D eigenvalue weighted by Gasteiger charge is -2.33. The Bertz CT molecular complexity index is 579. The van der Waals surface area contributed by atoms with E-state index in [0.717, 1.165) is 37.6 Å². The van der Waals surface area contributed by atoms with Crippen LogP contribution in [0.25, 0.3) is 0 Å². The van der Waals surface area contributed by atoms with Crippen molar-refractivity contribution in [3.63, 3.8) is 0 Å². The molecule has 0 saturated carbocycles. The van der Waals surface area contributed by atoms with E-state index in [1.54, 1.807) is 18.7 Å². The van der Waals surface area contributed by atoms with Crippen LogP contribution in [0.15, 0.2) is 41.3 Å². The Balaban J connectivity index is 1.36.